The number of benzene rings is 1. The van der Waals surface area contributed by atoms with Crippen LogP contribution in [0.3, 0.4) is 0 Å². The molecule has 2 aliphatic rings. The quantitative estimate of drug-likeness (QED) is 0.921. The van der Waals surface area contributed by atoms with Crippen LogP contribution >= 0.6 is 0 Å². The number of para-hydroxylation sites is 2. The van der Waals surface area contributed by atoms with Gasteiger partial charge in [-0.05, 0) is 50.5 Å². The van der Waals surface area contributed by atoms with Crippen molar-refractivity contribution < 1.29 is 9.47 Å². The Kier molecular flexibility index (Phi) is 4.36. The minimum absolute atomic E-state index is 0.147. The van der Waals surface area contributed by atoms with Crippen molar-refractivity contribution in [2.24, 2.45) is 5.41 Å². The number of hydrogen-bond acceptors (Lipinski definition) is 4. The average Bonchev–Trinajstić information content (AvgIpc) is 2.50. The molecule has 0 aliphatic carbocycles. The smallest absolute Gasteiger partial charge is 0.161 e. The third-order valence-corrected chi connectivity index (χ3v) is 4.70. The van der Waals surface area contributed by atoms with Crippen LogP contribution in [-0.2, 0) is 0 Å². The Morgan fingerprint density at radius 1 is 1.24 bits per heavy atom. The molecule has 4 nitrogen and oxygen atoms in total. The van der Waals surface area contributed by atoms with Crippen molar-refractivity contribution in [2.75, 3.05) is 39.8 Å². The zero-order chi connectivity index (χ0) is 14.7. The first-order valence-corrected chi connectivity index (χ1v) is 7.94. The summed E-state index contributed by atoms with van der Waals surface area (Å²) in [5.41, 5.74) is 0.446. The highest BCUT2D eigenvalue weighted by Crippen LogP contribution is 2.33. The number of hydrogen-bond donors (Lipinski definition) is 1. The molecule has 0 saturated carbocycles. The van der Waals surface area contributed by atoms with Crippen molar-refractivity contribution in [3.8, 4) is 11.5 Å². The van der Waals surface area contributed by atoms with E-state index >= 15 is 0 Å². The highest BCUT2D eigenvalue weighted by atomic mass is 16.6. The summed E-state index contributed by atoms with van der Waals surface area (Å²) in [6.45, 7) is 7.42. The molecular weight excluding hydrogens is 264 g/mol. The van der Waals surface area contributed by atoms with Crippen molar-refractivity contribution in [2.45, 2.75) is 25.9 Å². The number of likely N-dealkylation sites (tertiary alicyclic amines) is 1. The van der Waals surface area contributed by atoms with Gasteiger partial charge in [0, 0.05) is 13.1 Å². The van der Waals surface area contributed by atoms with E-state index in [-0.39, 0.29) is 6.10 Å². The van der Waals surface area contributed by atoms with Crippen LogP contribution in [0.1, 0.15) is 19.8 Å². The topological polar surface area (TPSA) is 33.7 Å². The second-order valence-corrected chi connectivity index (χ2v) is 6.64. The molecule has 0 bridgehead atoms. The molecule has 1 atom stereocenters. The van der Waals surface area contributed by atoms with Crippen LogP contribution in [0, 0.1) is 5.41 Å². The van der Waals surface area contributed by atoms with Crippen LogP contribution in [0.2, 0.25) is 0 Å². The minimum Gasteiger partial charge on any atom is -0.486 e. The molecule has 21 heavy (non-hydrogen) atoms. The van der Waals surface area contributed by atoms with Crippen molar-refractivity contribution >= 4 is 0 Å². The normalized spacial score (nSPS) is 24.8. The minimum atomic E-state index is 0.147. The second-order valence-electron chi connectivity index (χ2n) is 6.64. The van der Waals surface area contributed by atoms with Gasteiger partial charge in [-0.2, -0.15) is 0 Å². The van der Waals surface area contributed by atoms with Gasteiger partial charge in [0.15, 0.2) is 11.5 Å². The lowest BCUT2D eigenvalue weighted by Gasteiger charge is -2.40. The van der Waals surface area contributed by atoms with Gasteiger partial charge in [0.05, 0.1) is 0 Å². The molecule has 116 valence electrons. The lowest BCUT2D eigenvalue weighted by atomic mass is 9.80. The maximum atomic E-state index is 6.06. The van der Waals surface area contributed by atoms with E-state index in [9.17, 15) is 0 Å². The first-order valence-electron chi connectivity index (χ1n) is 7.94. The van der Waals surface area contributed by atoms with Crippen LogP contribution in [0.4, 0.5) is 0 Å². The highest BCUT2D eigenvalue weighted by Gasteiger charge is 2.31. The summed E-state index contributed by atoms with van der Waals surface area (Å²) in [5.74, 6) is 1.75. The van der Waals surface area contributed by atoms with Crippen molar-refractivity contribution in [1.29, 1.82) is 0 Å². The number of nitrogens with one attached hydrogen (secondary N) is 1. The molecule has 0 spiro atoms. The molecule has 0 unspecified atom stereocenters. The van der Waals surface area contributed by atoms with Gasteiger partial charge in [-0.15, -0.1) is 0 Å². The Bertz CT molecular complexity index is 470. The zero-order valence-electron chi connectivity index (χ0n) is 13.1. The number of fused-ring (bicyclic) bond motifs is 1. The molecule has 2 heterocycles. The van der Waals surface area contributed by atoms with Gasteiger partial charge in [0.2, 0.25) is 0 Å². The zero-order valence-corrected chi connectivity index (χ0v) is 13.1. The Hall–Kier alpha value is -1.26. The van der Waals surface area contributed by atoms with Crippen LogP contribution in [0.15, 0.2) is 24.3 Å². The summed E-state index contributed by atoms with van der Waals surface area (Å²) in [5, 5.41) is 3.32. The van der Waals surface area contributed by atoms with E-state index in [1.807, 2.05) is 31.3 Å². The van der Waals surface area contributed by atoms with Gasteiger partial charge in [0.25, 0.3) is 0 Å². The summed E-state index contributed by atoms with van der Waals surface area (Å²) >= 11 is 0. The van der Waals surface area contributed by atoms with E-state index in [2.05, 4.69) is 17.1 Å². The van der Waals surface area contributed by atoms with E-state index < -0.39 is 0 Å². The number of ether oxygens (including phenoxy) is 2. The predicted molar refractivity (Wildman–Crippen MR) is 84.1 cm³/mol. The van der Waals surface area contributed by atoms with Gasteiger partial charge < -0.3 is 14.8 Å². The molecule has 0 aromatic heterocycles. The molecule has 0 radical (unpaired) electrons. The Balaban J connectivity index is 1.51. The van der Waals surface area contributed by atoms with Crippen LogP contribution < -0.4 is 14.8 Å². The van der Waals surface area contributed by atoms with Gasteiger partial charge in [-0.1, -0.05) is 19.1 Å². The number of nitrogens with zero attached hydrogens (tertiary/aromatic N) is 1. The summed E-state index contributed by atoms with van der Waals surface area (Å²) in [6, 6.07) is 7.93. The van der Waals surface area contributed by atoms with E-state index in [1.165, 1.54) is 12.8 Å². The Morgan fingerprint density at radius 2 is 1.95 bits per heavy atom. The summed E-state index contributed by atoms with van der Waals surface area (Å²) in [6.07, 6.45) is 2.64. The van der Waals surface area contributed by atoms with E-state index in [1.54, 1.807) is 0 Å². The van der Waals surface area contributed by atoms with Crippen LogP contribution in [0.5, 0.6) is 11.5 Å². The Morgan fingerprint density at radius 3 is 2.67 bits per heavy atom. The first-order chi connectivity index (χ1) is 10.2. The largest absolute Gasteiger partial charge is 0.486 e. The van der Waals surface area contributed by atoms with Crippen LogP contribution in [0.25, 0.3) is 0 Å². The fourth-order valence-electron chi connectivity index (χ4n) is 3.32. The van der Waals surface area contributed by atoms with E-state index in [4.69, 9.17) is 9.47 Å². The maximum absolute atomic E-state index is 6.06. The lowest BCUT2D eigenvalue weighted by molar-refractivity contribution is 0.0359. The van der Waals surface area contributed by atoms with Crippen molar-refractivity contribution in [3.63, 3.8) is 0 Å². The van der Waals surface area contributed by atoms with Crippen LogP contribution in [-0.4, -0.2) is 50.8 Å². The summed E-state index contributed by atoms with van der Waals surface area (Å²) in [4.78, 5) is 2.51. The summed E-state index contributed by atoms with van der Waals surface area (Å²) < 4.78 is 11.9. The monoisotopic (exact) mass is 290 g/mol. The standard InChI is InChI=1S/C17H26N2O2/c1-17(13-18-2)7-9-19(10-8-17)11-14-12-20-15-5-3-4-6-16(15)21-14/h3-6,14,18H,7-13H2,1-2H3/t14-/m0/s1. The molecule has 1 fully saturated rings. The SMILES string of the molecule is CNCC1(C)CCN(C[C@H]2COc3ccccc3O2)CC1. The third kappa shape index (κ3) is 3.50. The maximum Gasteiger partial charge on any atom is 0.161 e. The molecule has 2 aliphatic heterocycles. The lowest BCUT2D eigenvalue weighted by Crippen LogP contribution is -2.47. The third-order valence-electron chi connectivity index (χ3n) is 4.70. The summed E-state index contributed by atoms with van der Waals surface area (Å²) in [7, 11) is 2.04. The Labute approximate surface area is 127 Å². The van der Waals surface area contributed by atoms with E-state index in [0.29, 0.717) is 12.0 Å². The van der Waals surface area contributed by atoms with Crippen molar-refractivity contribution in [3.05, 3.63) is 24.3 Å². The fourth-order valence-corrected chi connectivity index (χ4v) is 3.32. The van der Waals surface area contributed by atoms with E-state index in [0.717, 1.165) is 37.7 Å². The van der Waals surface area contributed by atoms with Gasteiger partial charge >= 0.3 is 0 Å². The molecular formula is C17H26N2O2. The number of rotatable bonds is 4. The number of piperidine rings is 1. The van der Waals surface area contributed by atoms with Crippen molar-refractivity contribution in [1.82, 2.24) is 10.2 Å². The fraction of sp³-hybridized carbons (Fsp3) is 0.647. The molecule has 3 rings (SSSR count). The molecule has 1 aromatic carbocycles. The van der Waals surface area contributed by atoms with Gasteiger partial charge in [-0.3, -0.25) is 4.90 Å². The average molecular weight is 290 g/mol. The predicted octanol–water partition coefficient (Wildman–Crippen LogP) is 2.15. The molecule has 1 N–H and O–H groups in total. The molecule has 1 saturated heterocycles. The molecule has 1 aromatic rings. The van der Waals surface area contributed by atoms with Gasteiger partial charge in [0.1, 0.15) is 12.7 Å². The molecule has 0 amide bonds. The first kappa shape index (κ1) is 14.7. The van der Waals surface area contributed by atoms with Gasteiger partial charge in [-0.25, -0.2) is 0 Å². The molecule has 4 heteroatoms. The second kappa shape index (κ2) is 6.24. The highest BCUT2D eigenvalue weighted by molar-refractivity contribution is 5.40.